The molecule has 0 spiro atoms. The molecule has 1 atom stereocenters. The second-order valence-corrected chi connectivity index (χ2v) is 6.55. The summed E-state index contributed by atoms with van der Waals surface area (Å²) in [4.78, 5) is 21.0. The van der Waals surface area contributed by atoms with E-state index >= 15 is 0 Å². The zero-order valence-corrected chi connectivity index (χ0v) is 13.2. The lowest BCUT2D eigenvalue weighted by molar-refractivity contribution is 0.0188. The number of carbonyl (C=O) groups excluding carboxylic acids is 1. The van der Waals surface area contributed by atoms with Crippen LogP contribution in [0.2, 0.25) is 0 Å². The normalized spacial score (nSPS) is 19.6. The average molecular weight is 294 g/mol. The largest absolute Gasteiger partial charge is 0.444 e. The highest BCUT2D eigenvalue weighted by atomic mass is 16.6. The summed E-state index contributed by atoms with van der Waals surface area (Å²) in [6, 6.07) is 0.342. The number of imidazole rings is 1. The fourth-order valence-corrected chi connectivity index (χ4v) is 2.47. The number of ether oxygens (including phenoxy) is 1. The number of aromatic nitrogens is 2. The first-order valence-electron chi connectivity index (χ1n) is 7.62. The highest BCUT2D eigenvalue weighted by Gasteiger charge is 2.27. The Balaban J connectivity index is 1.74. The maximum absolute atomic E-state index is 12.1. The first-order valence-corrected chi connectivity index (χ1v) is 7.62. The zero-order chi connectivity index (χ0) is 15.3. The monoisotopic (exact) mass is 294 g/mol. The van der Waals surface area contributed by atoms with E-state index in [0.29, 0.717) is 6.04 Å². The van der Waals surface area contributed by atoms with Gasteiger partial charge in [0, 0.05) is 44.0 Å². The number of nitrogens with one attached hydrogen (secondary N) is 2. The topological polar surface area (TPSA) is 70.2 Å². The van der Waals surface area contributed by atoms with Crippen molar-refractivity contribution in [3.05, 3.63) is 18.2 Å². The Labute approximate surface area is 126 Å². The van der Waals surface area contributed by atoms with Crippen LogP contribution in [0.15, 0.2) is 12.5 Å². The molecule has 1 aliphatic heterocycles. The second kappa shape index (κ2) is 6.93. The van der Waals surface area contributed by atoms with Crippen molar-refractivity contribution in [2.24, 2.45) is 0 Å². The second-order valence-electron chi connectivity index (χ2n) is 6.55. The van der Waals surface area contributed by atoms with Gasteiger partial charge in [0.25, 0.3) is 0 Å². The summed E-state index contributed by atoms with van der Waals surface area (Å²) in [5, 5.41) is 3.51. The Morgan fingerprint density at radius 2 is 2.38 bits per heavy atom. The number of likely N-dealkylation sites (tertiary alicyclic amines) is 1. The van der Waals surface area contributed by atoms with Gasteiger partial charge in [-0.15, -0.1) is 0 Å². The van der Waals surface area contributed by atoms with Crippen LogP contribution in [0.5, 0.6) is 0 Å². The Morgan fingerprint density at radius 1 is 1.57 bits per heavy atom. The molecule has 2 heterocycles. The van der Waals surface area contributed by atoms with Crippen molar-refractivity contribution in [2.45, 2.75) is 51.7 Å². The molecule has 1 aromatic rings. The predicted octanol–water partition coefficient (Wildman–Crippen LogP) is 1.94. The lowest BCUT2D eigenvalue weighted by Crippen LogP contribution is -2.49. The molecule has 0 radical (unpaired) electrons. The van der Waals surface area contributed by atoms with Crippen LogP contribution >= 0.6 is 0 Å². The van der Waals surface area contributed by atoms with E-state index in [-0.39, 0.29) is 6.09 Å². The van der Waals surface area contributed by atoms with Crippen molar-refractivity contribution >= 4 is 6.09 Å². The van der Waals surface area contributed by atoms with Crippen LogP contribution in [0.4, 0.5) is 4.79 Å². The first-order chi connectivity index (χ1) is 9.94. The van der Waals surface area contributed by atoms with Crippen molar-refractivity contribution < 1.29 is 9.53 Å². The Morgan fingerprint density at radius 3 is 3.05 bits per heavy atom. The molecule has 21 heavy (non-hydrogen) atoms. The van der Waals surface area contributed by atoms with E-state index in [4.69, 9.17) is 4.74 Å². The van der Waals surface area contributed by atoms with E-state index in [0.717, 1.165) is 44.6 Å². The Kier molecular flexibility index (Phi) is 5.22. The van der Waals surface area contributed by atoms with Gasteiger partial charge in [-0.1, -0.05) is 0 Å². The molecule has 0 bridgehead atoms. The minimum atomic E-state index is -0.432. The van der Waals surface area contributed by atoms with Crippen LogP contribution in [0.1, 0.15) is 39.3 Å². The molecule has 1 aromatic heterocycles. The average Bonchev–Trinajstić information content (AvgIpc) is 2.90. The van der Waals surface area contributed by atoms with Gasteiger partial charge in [-0.05, 0) is 33.6 Å². The lowest BCUT2D eigenvalue weighted by atomic mass is 10.1. The maximum Gasteiger partial charge on any atom is 0.410 e. The highest BCUT2D eigenvalue weighted by molar-refractivity contribution is 5.68. The minimum absolute atomic E-state index is 0.206. The van der Waals surface area contributed by atoms with Crippen molar-refractivity contribution in [2.75, 3.05) is 19.6 Å². The van der Waals surface area contributed by atoms with Gasteiger partial charge < -0.3 is 19.9 Å². The number of rotatable bonds is 4. The molecule has 1 fully saturated rings. The molecule has 1 amide bonds. The molecule has 0 saturated carbocycles. The van der Waals surface area contributed by atoms with Crippen molar-refractivity contribution in [1.29, 1.82) is 0 Å². The summed E-state index contributed by atoms with van der Waals surface area (Å²) in [5.74, 6) is 0. The van der Waals surface area contributed by atoms with E-state index < -0.39 is 5.60 Å². The molecule has 1 unspecified atom stereocenters. The third kappa shape index (κ3) is 5.38. The van der Waals surface area contributed by atoms with Crippen LogP contribution in [-0.2, 0) is 11.2 Å². The number of amides is 1. The van der Waals surface area contributed by atoms with Gasteiger partial charge in [-0.25, -0.2) is 9.78 Å². The summed E-state index contributed by atoms with van der Waals surface area (Å²) in [7, 11) is 0. The first kappa shape index (κ1) is 15.8. The van der Waals surface area contributed by atoms with Gasteiger partial charge in [0.05, 0.1) is 6.33 Å². The fourth-order valence-electron chi connectivity index (χ4n) is 2.47. The molecule has 1 aliphatic rings. The van der Waals surface area contributed by atoms with Crippen LogP contribution in [0.3, 0.4) is 0 Å². The van der Waals surface area contributed by atoms with Gasteiger partial charge in [0.1, 0.15) is 5.60 Å². The quantitative estimate of drug-likeness (QED) is 0.890. The summed E-state index contributed by atoms with van der Waals surface area (Å²) in [5.41, 5.74) is 0.695. The Hall–Kier alpha value is -1.56. The molecular formula is C15H26N4O2. The molecule has 0 aromatic carbocycles. The van der Waals surface area contributed by atoms with Crippen molar-refractivity contribution in [3.8, 4) is 0 Å². The summed E-state index contributed by atoms with van der Waals surface area (Å²) < 4.78 is 5.43. The van der Waals surface area contributed by atoms with E-state index in [1.807, 2.05) is 31.9 Å². The van der Waals surface area contributed by atoms with Crippen LogP contribution in [0, 0.1) is 0 Å². The van der Waals surface area contributed by atoms with Gasteiger partial charge >= 0.3 is 6.09 Å². The van der Waals surface area contributed by atoms with Gasteiger partial charge in [-0.3, -0.25) is 0 Å². The number of piperidine rings is 1. The molecule has 2 rings (SSSR count). The Bertz CT molecular complexity index is 439. The smallest absolute Gasteiger partial charge is 0.410 e. The number of hydrogen-bond donors (Lipinski definition) is 2. The maximum atomic E-state index is 12.1. The van der Waals surface area contributed by atoms with E-state index in [2.05, 4.69) is 15.3 Å². The molecule has 6 nitrogen and oxygen atoms in total. The fraction of sp³-hybridized carbons (Fsp3) is 0.733. The molecule has 1 saturated heterocycles. The lowest BCUT2D eigenvalue weighted by Gasteiger charge is -2.34. The molecular weight excluding hydrogens is 268 g/mol. The third-order valence-corrected chi connectivity index (χ3v) is 3.46. The van der Waals surface area contributed by atoms with Crippen molar-refractivity contribution in [3.63, 3.8) is 0 Å². The summed E-state index contributed by atoms with van der Waals surface area (Å²) >= 11 is 0. The van der Waals surface area contributed by atoms with Crippen LogP contribution in [-0.4, -0.2) is 52.2 Å². The zero-order valence-electron chi connectivity index (χ0n) is 13.2. The number of hydrogen-bond acceptors (Lipinski definition) is 4. The number of H-pyrrole nitrogens is 1. The highest BCUT2D eigenvalue weighted by Crippen LogP contribution is 2.15. The van der Waals surface area contributed by atoms with E-state index in [1.54, 1.807) is 6.33 Å². The van der Waals surface area contributed by atoms with E-state index in [9.17, 15) is 4.79 Å². The standard InChI is InChI=1S/C15H26N4O2/c1-15(2,3)21-14(20)19-8-4-5-13(10-19)17-7-6-12-9-16-11-18-12/h9,11,13,17H,4-8,10H2,1-3H3,(H,16,18). The molecule has 6 heteroatoms. The number of carbonyl (C=O) groups is 1. The molecule has 2 N–H and O–H groups in total. The molecule has 118 valence electrons. The summed E-state index contributed by atoms with van der Waals surface area (Å²) in [6.07, 6.45) is 6.37. The molecule has 0 aliphatic carbocycles. The van der Waals surface area contributed by atoms with Gasteiger partial charge in [0.15, 0.2) is 0 Å². The minimum Gasteiger partial charge on any atom is -0.444 e. The SMILES string of the molecule is CC(C)(C)OC(=O)N1CCCC(NCCc2cnc[nH]2)C1. The van der Waals surface area contributed by atoms with Crippen molar-refractivity contribution in [1.82, 2.24) is 20.2 Å². The number of aromatic amines is 1. The van der Waals surface area contributed by atoms with Crippen LogP contribution in [0.25, 0.3) is 0 Å². The third-order valence-electron chi connectivity index (χ3n) is 3.46. The van der Waals surface area contributed by atoms with E-state index in [1.165, 1.54) is 0 Å². The number of nitrogens with zero attached hydrogens (tertiary/aromatic N) is 2. The predicted molar refractivity (Wildman–Crippen MR) is 81.1 cm³/mol. The van der Waals surface area contributed by atoms with Gasteiger partial charge in [-0.2, -0.15) is 0 Å². The van der Waals surface area contributed by atoms with Crippen LogP contribution < -0.4 is 5.32 Å². The summed E-state index contributed by atoms with van der Waals surface area (Å²) in [6.45, 7) is 8.08. The van der Waals surface area contributed by atoms with Gasteiger partial charge in [0.2, 0.25) is 0 Å².